The van der Waals surface area contributed by atoms with Gasteiger partial charge in [0.05, 0.1) is 18.7 Å². The molecule has 0 amide bonds. The summed E-state index contributed by atoms with van der Waals surface area (Å²) in [5, 5.41) is 10.0. The number of nitrogens with one attached hydrogen (secondary N) is 2. The van der Waals surface area contributed by atoms with Crippen molar-refractivity contribution in [1.82, 2.24) is 20.4 Å². The molecule has 0 unspecified atom stereocenters. The molecular weight excluding hydrogens is 569 g/mol. The SMILES string of the molecule is C[C@@H]1CCN2CC[C@H](CSC[C@H]3CCN4CC[C@H](CO[Si](c5ccccc5)(c5ccccc5)C(C)(C)C)N=C4N3)N=C2N1. The highest BCUT2D eigenvalue weighted by Gasteiger charge is 2.50. The topological polar surface area (TPSA) is 64.5 Å². The van der Waals surface area contributed by atoms with Crippen molar-refractivity contribution in [3.8, 4) is 0 Å². The second-order valence-electron chi connectivity index (χ2n) is 13.7. The van der Waals surface area contributed by atoms with Crippen molar-refractivity contribution >= 4 is 42.4 Å². The number of hydrogen-bond donors (Lipinski definition) is 2. The number of nitrogens with zero attached hydrogens (tertiary/aromatic N) is 4. The molecule has 2 N–H and O–H groups in total. The van der Waals surface area contributed by atoms with Gasteiger partial charge in [0.15, 0.2) is 11.9 Å². The lowest BCUT2D eigenvalue weighted by molar-refractivity contribution is 0.233. The maximum absolute atomic E-state index is 7.25. The molecule has 0 bridgehead atoms. The summed E-state index contributed by atoms with van der Waals surface area (Å²) in [6, 6.07) is 23.5. The Balaban J connectivity index is 1.09. The molecular formula is C34H50N6OSSi. The number of thioether (sulfide) groups is 1. The summed E-state index contributed by atoms with van der Waals surface area (Å²) in [7, 11) is -2.56. The molecule has 6 rings (SSSR count). The molecule has 2 fully saturated rings. The quantitative estimate of drug-likeness (QED) is 0.416. The van der Waals surface area contributed by atoms with Crippen LogP contribution in [0.3, 0.4) is 0 Å². The minimum atomic E-state index is -2.56. The molecule has 0 spiro atoms. The molecule has 7 nitrogen and oxygen atoms in total. The van der Waals surface area contributed by atoms with Crippen LogP contribution in [0.15, 0.2) is 70.6 Å². The van der Waals surface area contributed by atoms with Gasteiger partial charge in [0.1, 0.15) is 0 Å². The van der Waals surface area contributed by atoms with E-state index < -0.39 is 8.32 Å². The van der Waals surface area contributed by atoms with E-state index in [0.717, 1.165) is 62.4 Å². The van der Waals surface area contributed by atoms with Crippen LogP contribution in [0.25, 0.3) is 0 Å². The highest BCUT2D eigenvalue weighted by molar-refractivity contribution is 7.99. The Morgan fingerprint density at radius 1 is 0.767 bits per heavy atom. The first-order valence-corrected chi connectivity index (χ1v) is 19.4. The van der Waals surface area contributed by atoms with E-state index in [2.05, 4.69) is 109 Å². The van der Waals surface area contributed by atoms with Crippen molar-refractivity contribution in [3.05, 3.63) is 60.7 Å². The van der Waals surface area contributed by atoms with E-state index in [4.69, 9.17) is 14.4 Å². The van der Waals surface area contributed by atoms with Gasteiger partial charge in [0.25, 0.3) is 8.32 Å². The van der Waals surface area contributed by atoms with Gasteiger partial charge in [0.2, 0.25) is 0 Å². The molecule has 4 heterocycles. The molecule has 2 aromatic rings. The number of aliphatic imine (C=N–C) groups is 2. The van der Waals surface area contributed by atoms with Crippen LogP contribution in [-0.2, 0) is 4.43 Å². The van der Waals surface area contributed by atoms with Crippen LogP contribution >= 0.6 is 11.8 Å². The van der Waals surface area contributed by atoms with Gasteiger partial charge in [-0.05, 0) is 48.0 Å². The standard InChI is InChI=1S/C34H50N6OSSi/c1-26-15-19-39-21-17-28(37-32(39)35-26)24-42-25-29-18-22-40-20-16-27(36-33(40)38-29)23-41-43(34(2,3)4,30-11-7-5-8-12-30)31-13-9-6-10-14-31/h5-14,26-29H,15-25H2,1-4H3,(H,35,37)(H,36,38)/t26-,27-,28-,29-/m1/s1. The second kappa shape index (κ2) is 13.2. The maximum atomic E-state index is 7.25. The average molecular weight is 619 g/mol. The Kier molecular flexibility index (Phi) is 9.40. The zero-order chi connectivity index (χ0) is 29.9. The number of fused-ring (bicyclic) bond motifs is 2. The minimum absolute atomic E-state index is 0.0261. The molecule has 0 radical (unpaired) electrons. The first-order valence-electron chi connectivity index (χ1n) is 16.3. The Morgan fingerprint density at radius 3 is 1.98 bits per heavy atom. The first-order chi connectivity index (χ1) is 20.8. The molecule has 4 atom stereocenters. The van der Waals surface area contributed by atoms with E-state index in [1.54, 1.807) is 0 Å². The predicted octanol–water partition coefficient (Wildman–Crippen LogP) is 3.90. The first kappa shape index (κ1) is 30.5. The van der Waals surface area contributed by atoms with Gasteiger partial charge in [-0.25, -0.2) is 9.98 Å². The Bertz CT molecular complexity index is 1230. The monoisotopic (exact) mass is 618 g/mol. The third kappa shape index (κ3) is 6.78. The summed E-state index contributed by atoms with van der Waals surface area (Å²) in [5.74, 6) is 4.40. The normalized spacial score (nSPS) is 26.0. The average Bonchev–Trinajstić information content (AvgIpc) is 3.01. The van der Waals surface area contributed by atoms with Crippen LogP contribution in [0.4, 0.5) is 0 Å². The van der Waals surface area contributed by atoms with Gasteiger partial charge in [-0.3, -0.25) is 0 Å². The summed E-state index contributed by atoms with van der Waals surface area (Å²) in [5.41, 5.74) is 0. The van der Waals surface area contributed by atoms with Crippen LogP contribution in [-0.4, -0.2) is 98.5 Å². The molecule has 0 saturated carbocycles. The molecule has 4 aliphatic heterocycles. The highest BCUT2D eigenvalue weighted by atomic mass is 32.2. The molecule has 4 aliphatic rings. The van der Waals surface area contributed by atoms with Crippen LogP contribution in [0, 0.1) is 0 Å². The molecule has 232 valence electrons. The van der Waals surface area contributed by atoms with E-state index in [0.29, 0.717) is 24.7 Å². The van der Waals surface area contributed by atoms with E-state index in [1.807, 2.05) is 11.8 Å². The lowest BCUT2D eigenvalue weighted by Gasteiger charge is -2.44. The van der Waals surface area contributed by atoms with Crippen LogP contribution in [0.1, 0.15) is 53.4 Å². The molecule has 9 heteroatoms. The van der Waals surface area contributed by atoms with Gasteiger partial charge < -0.3 is 24.9 Å². The summed E-state index contributed by atoms with van der Waals surface area (Å²) >= 11 is 2.05. The van der Waals surface area contributed by atoms with E-state index in [1.165, 1.54) is 23.2 Å². The van der Waals surface area contributed by atoms with Crippen molar-refractivity contribution < 1.29 is 4.43 Å². The number of guanidine groups is 2. The van der Waals surface area contributed by atoms with Crippen molar-refractivity contribution in [1.29, 1.82) is 0 Å². The zero-order valence-corrected chi connectivity index (χ0v) is 28.3. The van der Waals surface area contributed by atoms with E-state index >= 15 is 0 Å². The summed E-state index contributed by atoms with van der Waals surface area (Å²) in [4.78, 5) is 15.2. The largest absolute Gasteiger partial charge is 0.405 e. The molecule has 43 heavy (non-hydrogen) atoms. The lowest BCUT2D eigenvalue weighted by Crippen LogP contribution is -2.67. The third-order valence-corrected chi connectivity index (χ3v) is 15.8. The van der Waals surface area contributed by atoms with E-state index in [-0.39, 0.29) is 11.1 Å². The Hall–Kier alpha value is -2.49. The molecule has 0 aliphatic carbocycles. The van der Waals surface area contributed by atoms with Crippen molar-refractivity contribution in [2.75, 3.05) is 44.3 Å². The van der Waals surface area contributed by atoms with Crippen LogP contribution in [0.5, 0.6) is 0 Å². The summed E-state index contributed by atoms with van der Waals surface area (Å²) < 4.78 is 7.25. The van der Waals surface area contributed by atoms with Gasteiger partial charge in [-0.1, -0.05) is 81.4 Å². The molecule has 2 aromatic carbocycles. The van der Waals surface area contributed by atoms with Gasteiger partial charge >= 0.3 is 0 Å². The fraction of sp³-hybridized carbons (Fsp3) is 0.588. The van der Waals surface area contributed by atoms with Crippen molar-refractivity contribution in [2.24, 2.45) is 9.98 Å². The Morgan fingerprint density at radius 2 is 1.33 bits per heavy atom. The number of hydrogen-bond acceptors (Lipinski definition) is 8. The summed E-state index contributed by atoms with van der Waals surface area (Å²) in [6.07, 6.45) is 4.58. The zero-order valence-electron chi connectivity index (χ0n) is 26.5. The minimum Gasteiger partial charge on any atom is -0.405 e. The van der Waals surface area contributed by atoms with Crippen LogP contribution in [0.2, 0.25) is 5.04 Å². The van der Waals surface area contributed by atoms with Crippen molar-refractivity contribution in [2.45, 2.75) is 82.6 Å². The lowest BCUT2D eigenvalue weighted by atomic mass is 10.1. The molecule has 2 saturated heterocycles. The smallest absolute Gasteiger partial charge is 0.261 e. The maximum Gasteiger partial charge on any atom is 0.261 e. The fourth-order valence-electron chi connectivity index (χ4n) is 7.06. The van der Waals surface area contributed by atoms with Gasteiger partial charge in [-0.2, -0.15) is 11.8 Å². The molecule has 0 aromatic heterocycles. The predicted molar refractivity (Wildman–Crippen MR) is 184 cm³/mol. The fourth-order valence-corrected chi connectivity index (χ4v) is 12.8. The second-order valence-corrected chi connectivity index (χ2v) is 19.1. The Labute approximate surface area is 264 Å². The third-order valence-electron chi connectivity index (χ3n) is 9.50. The highest BCUT2D eigenvalue weighted by Crippen LogP contribution is 2.37. The van der Waals surface area contributed by atoms with Gasteiger partial charge in [0, 0.05) is 49.8 Å². The van der Waals surface area contributed by atoms with Crippen molar-refractivity contribution in [3.63, 3.8) is 0 Å². The van der Waals surface area contributed by atoms with Crippen LogP contribution < -0.4 is 21.0 Å². The summed E-state index contributed by atoms with van der Waals surface area (Å²) in [6.45, 7) is 14.4. The number of benzene rings is 2. The van der Waals surface area contributed by atoms with Gasteiger partial charge in [-0.15, -0.1) is 0 Å². The van der Waals surface area contributed by atoms with E-state index in [9.17, 15) is 0 Å². The number of rotatable bonds is 9.